The van der Waals surface area contributed by atoms with Crippen LogP contribution in [0.3, 0.4) is 0 Å². The average molecular weight is 560 g/mol. The number of nitrogens with two attached hydrogens (primary N) is 1. The van der Waals surface area contributed by atoms with E-state index in [0.717, 1.165) is 38.5 Å². The summed E-state index contributed by atoms with van der Waals surface area (Å²) in [5.74, 6) is -1.91. The highest BCUT2D eigenvalue weighted by Gasteiger charge is 2.10. The SMILES string of the molecule is N[C@@H](CCCCNC(=O)COCCOCCNC(=O)CCCCCCCCCCCCCCC(=O)O)C(=O)O. The van der Waals surface area contributed by atoms with Gasteiger partial charge in [-0.2, -0.15) is 0 Å². The van der Waals surface area contributed by atoms with Gasteiger partial charge in [-0.25, -0.2) is 0 Å². The second-order valence-electron chi connectivity index (χ2n) is 9.94. The van der Waals surface area contributed by atoms with Gasteiger partial charge in [0.05, 0.1) is 19.8 Å². The van der Waals surface area contributed by atoms with Crippen LogP contribution in [-0.2, 0) is 28.7 Å². The molecule has 6 N–H and O–H groups in total. The highest BCUT2D eigenvalue weighted by atomic mass is 16.5. The number of carboxylic acid groups (broad SMARTS) is 2. The molecule has 39 heavy (non-hydrogen) atoms. The Morgan fingerprint density at radius 1 is 0.590 bits per heavy atom. The van der Waals surface area contributed by atoms with Crippen LogP contribution in [0.5, 0.6) is 0 Å². The Hall–Kier alpha value is -2.24. The number of nitrogens with one attached hydrogen (secondary N) is 2. The molecule has 0 unspecified atom stereocenters. The number of carboxylic acids is 2. The first-order chi connectivity index (χ1) is 18.8. The van der Waals surface area contributed by atoms with Gasteiger partial charge in [0.1, 0.15) is 12.6 Å². The predicted octanol–water partition coefficient (Wildman–Crippen LogP) is 3.38. The fraction of sp³-hybridized carbons (Fsp3) is 0.857. The van der Waals surface area contributed by atoms with E-state index in [1.807, 2.05) is 0 Å². The Labute approximate surface area is 233 Å². The van der Waals surface area contributed by atoms with Crippen molar-refractivity contribution in [3.63, 3.8) is 0 Å². The van der Waals surface area contributed by atoms with Gasteiger partial charge in [-0.05, 0) is 32.1 Å². The standard InChI is InChI=1S/C28H53N3O8/c29-24(28(36)37)15-13-14-18-30-26(33)23-39-22-21-38-20-19-31-25(32)16-11-9-7-5-3-1-2-4-6-8-10-12-17-27(34)35/h24H,1-23,29H2,(H,30,33)(H,31,32)(H,34,35)(H,36,37)/t24-/m0/s1. The van der Waals surface area contributed by atoms with Crippen LogP contribution in [0.2, 0.25) is 0 Å². The summed E-state index contributed by atoms with van der Waals surface area (Å²) in [4.78, 5) is 44.6. The fourth-order valence-electron chi connectivity index (χ4n) is 3.96. The lowest BCUT2D eigenvalue weighted by Crippen LogP contribution is -2.31. The number of unbranched alkanes of at least 4 members (excludes halogenated alkanes) is 12. The van der Waals surface area contributed by atoms with E-state index in [9.17, 15) is 19.2 Å². The second kappa shape index (κ2) is 27.3. The number of hydrogen-bond donors (Lipinski definition) is 5. The molecular weight excluding hydrogens is 506 g/mol. The summed E-state index contributed by atoms with van der Waals surface area (Å²) in [5.41, 5.74) is 5.41. The minimum absolute atomic E-state index is 0.0415. The van der Waals surface area contributed by atoms with Gasteiger partial charge in [0.15, 0.2) is 0 Å². The van der Waals surface area contributed by atoms with Gasteiger partial charge < -0.3 is 36.1 Å². The normalized spacial score (nSPS) is 11.7. The number of amides is 2. The highest BCUT2D eigenvalue weighted by molar-refractivity contribution is 5.77. The maximum atomic E-state index is 11.9. The Bertz CT molecular complexity index is 648. The molecule has 0 saturated heterocycles. The number of ether oxygens (including phenoxy) is 2. The molecule has 0 fully saturated rings. The van der Waals surface area contributed by atoms with Crippen molar-refractivity contribution < 1.29 is 38.9 Å². The zero-order valence-electron chi connectivity index (χ0n) is 23.8. The van der Waals surface area contributed by atoms with E-state index >= 15 is 0 Å². The topological polar surface area (TPSA) is 177 Å². The van der Waals surface area contributed by atoms with Crippen LogP contribution in [0.25, 0.3) is 0 Å². The minimum Gasteiger partial charge on any atom is -0.481 e. The lowest BCUT2D eigenvalue weighted by molar-refractivity contribution is -0.139. The Balaban J connectivity index is 3.30. The molecule has 0 rings (SSSR count). The second-order valence-corrected chi connectivity index (χ2v) is 9.94. The smallest absolute Gasteiger partial charge is 0.320 e. The van der Waals surface area contributed by atoms with Crippen molar-refractivity contribution >= 4 is 23.8 Å². The Morgan fingerprint density at radius 3 is 1.67 bits per heavy atom. The van der Waals surface area contributed by atoms with Crippen molar-refractivity contribution in [3.8, 4) is 0 Å². The quantitative estimate of drug-likeness (QED) is 0.0859. The summed E-state index contributed by atoms with van der Waals surface area (Å²) in [6, 6.07) is -0.860. The number of carbonyl (C=O) groups is 4. The lowest BCUT2D eigenvalue weighted by Gasteiger charge is -2.09. The molecule has 0 saturated carbocycles. The van der Waals surface area contributed by atoms with Gasteiger partial charge in [-0.15, -0.1) is 0 Å². The Morgan fingerprint density at radius 2 is 1.10 bits per heavy atom. The third-order valence-corrected chi connectivity index (χ3v) is 6.30. The van der Waals surface area contributed by atoms with Gasteiger partial charge in [0, 0.05) is 25.9 Å². The minimum atomic E-state index is -1.02. The van der Waals surface area contributed by atoms with Crippen LogP contribution >= 0.6 is 0 Å². The van der Waals surface area contributed by atoms with E-state index in [1.165, 1.54) is 38.5 Å². The van der Waals surface area contributed by atoms with Gasteiger partial charge in [-0.1, -0.05) is 64.2 Å². The number of carbonyl (C=O) groups excluding carboxylic acids is 2. The third kappa shape index (κ3) is 28.6. The molecule has 0 radical (unpaired) electrons. The third-order valence-electron chi connectivity index (χ3n) is 6.30. The van der Waals surface area contributed by atoms with Gasteiger partial charge in [-0.3, -0.25) is 19.2 Å². The molecule has 228 valence electrons. The van der Waals surface area contributed by atoms with E-state index in [2.05, 4.69) is 10.6 Å². The van der Waals surface area contributed by atoms with E-state index in [4.69, 9.17) is 25.4 Å². The van der Waals surface area contributed by atoms with Crippen LogP contribution in [0.4, 0.5) is 0 Å². The summed E-state index contributed by atoms with van der Waals surface area (Å²) >= 11 is 0. The van der Waals surface area contributed by atoms with E-state index in [0.29, 0.717) is 52.0 Å². The zero-order valence-corrected chi connectivity index (χ0v) is 23.8. The molecule has 0 aliphatic heterocycles. The zero-order chi connectivity index (χ0) is 29.0. The molecule has 0 aliphatic carbocycles. The fourth-order valence-corrected chi connectivity index (χ4v) is 3.96. The number of rotatable bonds is 29. The van der Waals surface area contributed by atoms with Crippen LogP contribution in [0.1, 0.15) is 109 Å². The van der Waals surface area contributed by atoms with Crippen molar-refractivity contribution in [3.05, 3.63) is 0 Å². The molecule has 0 aromatic carbocycles. The van der Waals surface area contributed by atoms with Crippen molar-refractivity contribution in [2.24, 2.45) is 5.73 Å². The molecule has 0 bridgehead atoms. The van der Waals surface area contributed by atoms with E-state index in [1.54, 1.807) is 0 Å². The van der Waals surface area contributed by atoms with Crippen molar-refractivity contribution in [2.75, 3.05) is 39.5 Å². The summed E-state index contributed by atoms with van der Waals surface area (Å²) in [5, 5.41) is 22.8. The highest BCUT2D eigenvalue weighted by Crippen LogP contribution is 2.13. The van der Waals surface area contributed by atoms with Crippen LogP contribution < -0.4 is 16.4 Å². The maximum absolute atomic E-state index is 11.9. The lowest BCUT2D eigenvalue weighted by atomic mass is 10.0. The largest absolute Gasteiger partial charge is 0.481 e. The van der Waals surface area contributed by atoms with Crippen molar-refractivity contribution in [1.29, 1.82) is 0 Å². The average Bonchev–Trinajstić information content (AvgIpc) is 2.89. The first-order valence-electron chi connectivity index (χ1n) is 14.7. The van der Waals surface area contributed by atoms with Crippen LogP contribution in [-0.4, -0.2) is 79.5 Å². The molecular formula is C28H53N3O8. The number of hydrogen-bond acceptors (Lipinski definition) is 7. The molecule has 0 spiro atoms. The number of aliphatic carboxylic acids is 2. The van der Waals surface area contributed by atoms with E-state index < -0.39 is 18.0 Å². The molecule has 0 aromatic heterocycles. The van der Waals surface area contributed by atoms with E-state index in [-0.39, 0.29) is 31.4 Å². The summed E-state index contributed by atoms with van der Waals surface area (Å²) in [6.45, 7) is 1.84. The van der Waals surface area contributed by atoms with Gasteiger partial charge >= 0.3 is 11.9 Å². The predicted molar refractivity (Wildman–Crippen MR) is 149 cm³/mol. The van der Waals surface area contributed by atoms with Crippen LogP contribution in [0, 0.1) is 0 Å². The Kier molecular flexibility index (Phi) is 25.8. The van der Waals surface area contributed by atoms with Crippen molar-refractivity contribution in [2.45, 2.75) is 115 Å². The molecule has 1 atom stereocenters. The molecule has 0 heterocycles. The summed E-state index contributed by atoms with van der Waals surface area (Å²) in [7, 11) is 0. The molecule has 2 amide bonds. The molecule has 11 nitrogen and oxygen atoms in total. The molecule has 0 aliphatic rings. The molecule has 0 aromatic rings. The summed E-state index contributed by atoms with van der Waals surface area (Å²) < 4.78 is 10.6. The summed E-state index contributed by atoms with van der Waals surface area (Å²) in [6.07, 6.45) is 15.9. The van der Waals surface area contributed by atoms with Gasteiger partial charge in [0.2, 0.25) is 11.8 Å². The van der Waals surface area contributed by atoms with Crippen molar-refractivity contribution in [1.82, 2.24) is 10.6 Å². The van der Waals surface area contributed by atoms with Gasteiger partial charge in [0.25, 0.3) is 0 Å². The maximum Gasteiger partial charge on any atom is 0.320 e. The first-order valence-corrected chi connectivity index (χ1v) is 14.7. The molecule has 11 heteroatoms. The van der Waals surface area contributed by atoms with Crippen LogP contribution in [0.15, 0.2) is 0 Å². The monoisotopic (exact) mass is 559 g/mol. The first kappa shape index (κ1) is 36.8.